The summed E-state index contributed by atoms with van der Waals surface area (Å²) in [7, 11) is 0. The molecule has 0 amide bonds. The van der Waals surface area contributed by atoms with Crippen LogP contribution in [-0.4, -0.2) is 10.5 Å². The number of fused-ring (bicyclic) bond motifs is 1. The average Bonchev–Trinajstić information content (AvgIpc) is 3.55. The van der Waals surface area contributed by atoms with Gasteiger partial charge < -0.3 is 9.15 Å². The zero-order valence-corrected chi connectivity index (χ0v) is 18.7. The first-order valence-corrected chi connectivity index (χ1v) is 11.6. The van der Waals surface area contributed by atoms with E-state index >= 15 is 0 Å². The second-order valence-electron chi connectivity index (χ2n) is 7.17. The molecule has 3 aromatic heterocycles. The summed E-state index contributed by atoms with van der Waals surface area (Å²) in [6.45, 7) is 1.93. The first-order chi connectivity index (χ1) is 15.6. The van der Waals surface area contributed by atoms with E-state index in [0.29, 0.717) is 26.4 Å². The molecule has 4 aromatic rings. The van der Waals surface area contributed by atoms with E-state index in [0.717, 1.165) is 10.4 Å². The van der Waals surface area contributed by atoms with E-state index in [1.165, 1.54) is 22.7 Å². The molecule has 32 heavy (non-hydrogen) atoms. The number of benzene rings is 1. The topological polar surface area (TPSA) is 73.8 Å². The van der Waals surface area contributed by atoms with Gasteiger partial charge >= 0.3 is 5.97 Å². The monoisotopic (exact) mass is 462 g/mol. The number of hydrogen-bond acceptors (Lipinski definition) is 7. The van der Waals surface area contributed by atoms with Crippen LogP contribution in [0.5, 0.6) is 0 Å². The van der Waals surface area contributed by atoms with E-state index < -0.39 is 12.0 Å². The summed E-state index contributed by atoms with van der Waals surface area (Å²) in [5, 5.41) is 1.93. The van der Waals surface area contributed by atoms with E-state index in [1.54, 1.807) is 36.0 Å². The van der Waals surface area contributed by atoms with Crippen molar-refractivity contribution in [2.45, 2.75) is 19.6 Å². The van der Waals surface area contributed by atoms with Crippen LogP contribution in [0, 0.1) is 0 Å². The van der Waals surface area contributed by atoms with Crippen molar-refractivity contribution in [1.82, 2.24) is 4.57 Å². The molecule has 1 atom stereocenters. The SMILES string of the molecule is CC1=C(C(=O)OCc2ccccc2)[C@H](c2cccs2)n2c(s/c(=C\c3ccco3)c2=O)=N1. The van der Waals surface area contributed by atoms with Crippen LogP contribution in [0.2, 0.25) is 0 Å². The second kappa shape index (κ2) is 8.57. The number of carbonyl (C=O) groups is 1. The van der Waals surface area contributed by atoms with Gasteiger partial charge in [0.1, 0.15) is 18.4 Å². The fourth-order valence-electron chi connectivity index (χ4n) is 3.60. The number of esters is 1. The van der Waals surface area contributed by atoms with Crippen molar-refractivity contribution in [2.24, 2.45) is 4.99 Å². The minimum absolute atomic E-state index is 0.149. The summed E-state index contributed by atoms with van der Waals surface area (Å²) in [6, 6.07) is 16.3. The first-order valence-electron chi connectivity index (χ1n) is 9.92. The summed E-state index contributed by atoms with van der Waals surface area (Å²) >= 11 is 2.76. The van der Waals surface area contributed by atoms with Gasteiger partial charge in [-0.25, -0.2) is 9.79 Å². The minimum Gasteiger partial charge on any atom is -0.465 e. The number of thiazole rings is 1. The van der Waals surface area contributed by atoms with Crippen LogP contribution in [0.4, 0.5) is 0 Å². The Bertz CT molecular complexity index is 1460. The molecule has 6 nitrogen and oxygen atoms in total. The van der Waals surface area contributed by atoms with E-state index in [4.69, 9.17) is 9.15 Å². The Balaban J connectivity index is 1.59. The maximum absolute atomic E-state index is 13.4. The van der Waals surface area contributed by atoms with E-state index in [2.05, 4.69) is 4.99 Å². The molecule has 0 unspecified atom stereocenters. The fourth-order valence-corrected chi connectivity index (χ4v) is 5.45. The van der Waals surface area contributed by atoms with Crippen LogP contribution >= 0.6 is 22.7 Å². The molecule has 160 valence electrons. The highest BCUT2D eigenvalue weighted by molar-refractivity contribution is 7.10. The number of allylic oxidation sites excluding steroid dienone is 1. The minimum atomic E-state index is -0.590. The van der Waals surface area contributed by atoms with E-state index in [-0.39, 0.29) is 12.2 Å². The standard InChI is InChI=1S/C24H18N2O4S2/c1-15-20(23(28)30-14-16-7-3-2-4-8-16)21(18-10-6-12-31-18)26-22(27)19(32-24(26)25-15)13-17-9-5-11-29-17/h2-13,21H,14H2,1H3/b19-13-/t21-/m0/s1. The predicted octanol–water partition coefficient (Wildman–Crippen LogP) is 3.63. The summed E-state index contributed by atoms with van der Waals surface area (Å²) in [5.74, 6) is 0.106. The van der Waals surface area contributed by atoms with Gasteiger partial charge in [-0.05, 0) is 36.1 Å². The molecule has 0 aliphatic carbocycles. The van der Waals surface area contributed by atoms with Gasteiger partial charge in [-0.1, -0.05) is 47.7 Å². The fraction of sp³-hybridized carbons (Fsp3) is 0.125. The van der Waals surface area contributed by atoms with Crippen LogP contribution < -0.4 is 14.9 Å². The Morgan fingerprint density at radius 1 is 1.19 bits per heavy atom. The van der Waals surface area contributed by atoms with Gasteiger partial charge in [0.05, 0.1) is 22.1 Å². The quantitative estimate of drug-likeness (QED) is 0.425. The predicted molar refractivity (Wildman–Crippen MR) is 123 cm³/mol. The molecular weight excluding hydrogens is 444 g/mol. The van der Waals surface area contributed by atoms with Crippen molar-refractivity contribution in [1.29, 1.82) is 0 Å². The summed E-state index contributed by atoms with van der Waals surface area (Å²) in [5.41, 5.74) is 1.60. The number of hydrogen-bond donors (Lipinski definition) is 0. The highest BCUT2D eigenvalue weighted by Crippen LogP contribution is 2.33. The summed E-state index contributed by atoms with van der Waals surface area (Å²) in [4.78, 5) is 32.6. The lowest BCUT2D eigenvalue weighted by Gasteiger charge is -2.23. The Labute approximate surface area is 191 Å². The Morgan fingerprint density at radius 2 is 2.03 bits per heavy atom. The van der Waals surface area contributed by atoms with Crippen molar-refractivity contribution in [3.05, 3.63) is 113 Å². The van der Waals surface area contributed by atoms with Crippen LogP contribution in [0.15, 0.2) is 91.7 Å². The molecule has 8 heteroatoms. The van der Waals surface area contributed by atoms with E-state index in [1.807, 2.05) is 47.8 Å². The molecule has 0 spiro atoms. The van der Waals surface area contributed by atoms with Gasteiger partial charge in [0, 0.05) is 11.0 Å². The lowest BCUT2D eigenvalue weighted by Crippen LogP contribution is -2.39. The number of ether oxygens (including phenoxy) is 1. The Morgan fingerprint density at radius 3 is 2.75 bits per heavy atom. The number of thiophene rings is 1. The molecular formula is C24H18N2O4S2. The molecule has 0 radical (unpaired) electrons. The highest BCUT2D eigenvalue weighted by Gasteiger charge is 2.34. The molecule has 0 fully saturated rings. The third kappa shape index (κ3) is 3.79. The normalized spacial score (nSPS) is 16.0. The lowest BCUT2D eigenvalue weighted by atomic mass is 10.0. The van der Waals surface area contributed by atoms with Crippen LogP contribution in [0.1, 0.15) is 29.2 Å². The van der Waals surface area contributed by atoms with Crippen LogP contribution in [-0.2, 0) is 16.1 Å². The van der Waals surface area contributed by atoms with Crippen molar-refractivity contribution >= 4 is 34.7 Å². The number of aromatic nitrogens is 1. The molecule has 0 bridgehead atoms. The number of rotatable bonds is 5. The maximum Gasteiger partial charge on any atom is 0.338 e. The van der Waals surface area contributed by atoms with Crippen LogP contribution in [0.25, 0.3) is 6.08 Å². The Hall–Kier alpha value is -3.49. The van der Waals surface area contributed by atoms with E-state index in [9.17, 15) is 9.59 Å². The highest BCUT2D eigenvalue weighted by atomic mass is 32.1. The molecule has 1 aromatic carbocycles. The van der Waals surface area contributed by atoms with Gasteiger partial charge in [0.2, 0.25) is 0 Å². The number of nitrogens with zero attached hydrogens (tertiary/aromatic N) is 2. The molecule has 4 heterocycles. The summed E-state index contributed by atoms with van der Waals surface area (Å²) < 4.78 is 13.1. The Kier molecular flexibility index (Phi) is 5.46. The zero-order chi connectivity index (χ0) is 22.1. The summed E-state index contributed by atoms with van der Waals surface area (Å²) in [6.07, 6.45) is 3.25. The van der Waals surface area contributed by atoms with Gasteiger partial charge in [0.15, 0.2) is 4.80 Å². The molecule has 1 aliphatic heterocycles. The second-order valence-corrected chi connectivity index (χ2v) is 9.16. The smallest absolute Gasteiger partial charge is 0.338 e. The molecule has 1 aliphatic rings. The largest absolute Gasteiger partial charge is 0.465 e. The lowest BCUT2D eigenvalue weighted by molar-refractivity contribution is -0.140. The van der Waals surface area contributed by atoms with Gasteiger partial charge in [0.25, 0.3) is 5.56 Å². The molecule has 5 rings (SSSR count). The zero-order valence-electron chi connectivity index (χ0n) is 17.1. The number of carbonyl (C=O) groups excluding carboxylic acids is 1. The third-order valence-electron chi connectivity index (χ3n) is 5.08. The third-order valence-corrected chi connectivity index (χ3v) is 6.99. The maximum atomic E-state index is 13.4. The van der Waals surface area contributed by atoms with Crippen molar-refractivity contribution in [3.63, 3.8) is 0 Å². The van der Waals surface area contributed by atoms with Gasteiger partial charge in [-0.3, -0.25) is 9.36 Å². The van der Waals surface area contributed by atoms with Crippen molar-refractivity contribution in [2.75, 3.05) is 0 Å². The molecule has 0 saturated heterocycles. The molecule has 0 N–H and O–H groups in total. The van der Waals surface area contributed by atoms with Crippen LogP contribution in [0.3, 0.4) is 0 Å². The molecule has 0 saturated carbocycles. The number of furan rings is 1. The van der Waals surface area contributed by atoms with Crippen molar-refractivity contribution < 1.29 is 13.9 Å². The van der Waals surface area contributed by atoms with Gasteiger partial charge in [-0.2, -0.15) is 0 Å². The first kappa shape index (κ1) is 20.4. The van der Waals surface area contributed by atoms with Crippen molar-refractivity contribution in [3.8, 4) is 0 Å². The average molecular weight is 463 g/mol. The van der Waals surface area contributed by atoms with Gasteiger partial charge in [-0.15, -0.1) is 11.3 Å².